The van der Waals surface area contributed by atoms with E-state index in [4.69, 9.17) is 52.5 Å². The zero-order chi connectivity index (χ0) is 54.4. The number of hydrogen-bond acceptors (Lipinski definition) is 28. The van der Waals surface area contributed by atoms with Crippen LogP contribution in [-0.2, 0) is 68.5 Å². The molecule has 1 aromatic heterocycles. The molecule has 0 radical (unpaired) electrons. The number of imidazole rings is 1. The standard InChI is InChI=1S/C41H56N7O24PS2/c1-5-23(52)45-25-15(3)74-40(31(57)29(25)55)71-35-32(58)39(69-21(10-50)33(35)70-38-26(47-75(60,61)62)34(65-16(4)51)28(54)20(9-49)68-38)66-18-6-7-19-17(8-18)11-63-73(59,72-19)64-12-22-27(53)30(56)37(67-22)48-13-43-24-14(2)44-41(42)46-36(24)48/h5-8,13,15,20-22,25-35,37-40,47,49-50,53-58H,1-2,9-12H2,3-4H3,(H,45,52)(H3,42,44,46)(H,60,61,62)/t15-,20+,21+,22+,25+,26+,27+,28-,29+,30+,31-,32+,33+,34+,35?,37+,38+,39+,40+,73?/m0/s1. The van der Waals surface area contributed by atoms with Crippen molar-refractivity contribution in [1.82, 2.24) is 24.9 Å². The number of nitrogens with zero attached hydrogens (tertiary/aromatic N) is 3. The number of aliphatic hydroxyl groups is 8. The van der Waals surface area contributed by atoms with Crippen LogP contribution in [0.2, 0.25) is 0 Å². The van der Waals surface area contributed by atoms with Gasteiger partial charge in [-0.1, -0.05) is 20.1 Å². The number of aromatic nitrogens is 2. The molecule has 14 N–H and O–H groups in total. The zero-order valence-corrected chi connectivity index (χ0v) is 42.0. The molecule has 6 aliphatic rings. The predicted molar refractivity (Wildman–Crippen MR) is 250 cm³/mol. The summed E-state index contributed by atoms with van der Waals surface area (Å²) < 4.78 is 109. The number of nitrogens with two attached hydrogens (primary N) is 1. The molecule has 6 aliphatic heterocycles. The number of rotatable bonds is 17. The van der Waals surface area contributed by atoms with Crippen molar-refractivity contribution >= 4 is 59.2 Å². The van der Waals surface area contributed by atoms with Gasteiger partial charge in [-0.2, -0.15) is 18.1 Å². The normalized spacial score (nSPS) is 38.7. The fraction of sp³-hybridized carbons (Fsp3) is 0.610. The van der Waals surface area contributed by atoms with Crippen LogP contribution in [0.4, 0.5) is 5.82 Å². The minimum atomic E-state index is -5.23. The molecule has 31 nitrogen and oxygen atoms in total. The number of carbonyl (C=O) groups excluding carboxylic acids is 2. The highest BCUT2D eigenvalue weighted by molar-refractivity contribution is 8.00. The number of fused-ring (bicyclic) bond motifs is 2. The Bertz CT molecular complexity index is 2650. The maximum absolute atomic E-state index is 13.7. The third kappa shape index (κ3) is 12.2. The second kappa shape index (κ2) is 22.9. The van der Waals surface area contributed by atoms with Crippen molar-refractivity contribution in [2.24, 2.45) is 10.7 Å². The van der Waals surface area contributed by atoms with Crippen molar-refractivity contribution in [3.8, 4) is 11.5 Å². The van der Waals surface area contributed by atoms with E-state index in [0.717, 1.165) is 24.8 Å². The SMILES string of the molecule is C=CC(=O)N[C@H]1[C@@H](O)[C@H](O)[C@H](OC2[C@@H](O)[C@H](Oc3ccc4c(c3)COP(=O)(OC[C@H]3O[C@@H](n5cnc6c5N=C(N)NC6=C)[C@H](O)[C@@H]3O)O4)O[C@H](CO)[C@H]2O[C@H]2O[C@H](CO)[C@H](O)[C@H](OC(C)=O)[C@H]2NS(=O)(=O)O)S[C@H]1C. The van der Waals surface area contributed by atoms with Crippen LogP contribution < -0.4 is 30.3 Å². The van der Waals surface area contributed by atoms with Gasteiger partial charge in [0.2, 0.25) is 12.2 Å². The molecule has 4 saturated heterocycles. The van der Waals surface area contributed by atoms with Crippen LogP contribution in [0.1, 0.15) is 31.3 Å². The summed E-state index contributed by atoms with van der Waals surface area (Å²) in [5.41, 5.74) is 5.22. The topological polar surface area (TPSA) is 452 Å². The van der Waals surface area contributed by atoms with E-state index < -0.39 is 171 Å². The Kier molecular flexibility index (Phi) is 17.3. The number of ether oxygens (including phenoxy) is 7. The molecule has 7 heterocycles. The van der Waals surface area contributed by atoms with E-state index >= 15 is 0 Å². The lowest BCUT2D eigenvalue weighted by molar-refractivity contribution is -0.344. The number of phosphoric acid groups is 1. The van der Waals surface area contributed by atoms with Crippen molar-refractivity contribution in [3.63, 3.8) is 0 Å². The largest absolute Gasteiger partial charge is 0.530 e. The van der Waals surface area contributed by atoms with Gasteiger partial charge in [0.15, 0.2) is 30.4 Å². The molecule has 0 spiro atoms. The summed E-state index contributed by atoms with van der Waals surface area (Å²) >= 11 is 0.888. The van der Waals surface area contributed by atoms with Crippen LogP contribution in [0.3, 0.4) is 0 Å². The van der Waals surface area contributed by atoms with Gasteiger partial charge in [-0.05, 0) is 24.3 Å². The van der Waals surface area contributed by atoms with Crippen LogP contribution in [0.25, 0.3) is 5.70 Å². The Morgan fingerprint density at radius 2 is 1.68 bits per heavy atom. The molecule has 1 amide bonds. The summed E-state index contributed by atoms with van der Waals surface area (Å²) in [5.74, 6) is -1.61. The highest BCUT2D eigenvalue weighted by Gasteiger charge is 2.56. The fourth-order valence-electron chi connectivity index (χ4n) is 8.95. The second-order valence-electron chi connectivity index (χ2n) is 17.7. The number of amides is 1. The molecular weight excluding hydrogens is 1070 g/mol. The van der Waals surface area contributed by atoms with Gasteiger partial charge in [-0.3, -0.25) is 27.8 Å². The third-order valence-electron chi connectivity index (χ3n) is 12.6. The van der Waals surface area contributed by atoms with Crippen LogP contribution in [0.5, 0.6) is 11.5 Å². The highest BCUT2D eigenvalue weighted by Crippen LogP contribution is 2.55. The smallest absolute Gasteiger partial charge is 0.462 e. The summed E-state index contributed by atoms with van der Waals surface area (Å²) in [6, 6.07) is 0.879. The van der Waals surface area contributed by atoms with Crippen molar-refractivity contribution in [2.45, 2.75) is 135 Å². The van der Waals surface area contributed by atoms with Crippen molar-refractivity contribution in [1.29, 1.82) is 0 Å². The second-order valence-corrected chi connectivity index (χ2v) is 22.0. The Balaban J connectivity index is 1.00. The monoisotopic (exact) mass is 1130 g/mol. The van der Waals surface area contributed by atoms with Gasteiger partial charge in [0, 0.05) is 17.7 Å². The molecule has 0 saturated carbocycles. The van der Waals surface area contributed by atoms with E-state index in [1.807, 2.05) is 0 Å². The number of thioether (sulfide) groups is 1. The number of esters is 1. The van der Waals surface area contributed by atoms with Gasteiger partial charge in [-0.15, -0.1) is 11.8 Å². The summed E-state index contributed by atoms with van der Waals surface area (Å²) in [7, 11) is -9.67. The highest BCUT2D eigenvalue weighted by atomic mass is 32.2. The lowest BCUT2D eigenvalue weighted by Gasteiger charge is -2.49. The first-order valence-corrected chi connectivity index (χ1v) is 26.6. The third-order valence-corrected chi connectivity index (χ3v) is 15.9. The number of phosphoric ester groups is 1. The molecule has 2 unspecified atom stereocenters. The predicted octanol–water partition coefficient (Wildman–Crippen LogP) is -4.39. The van der Waals surface area contributed by atoms with Crippen LogP contribution in [0.15, 0.2) is 48.8 Å². The molecule has 8 rings (SSSR count). The minimum Gasteiger partial charge on any atom is -0.462 e. The summed E-state index contributed by atoms with van der Waals surface area (Å²) in [6.45, 7) is 6.74. The van der Waals surface area contributed by atoms with Crippen molar-refractivity contribution in [2.75, 3.05) is 19.8 Å². The number of benzene rings is 1. The Morgan fingerprint density at radius 3 is 2.36 bits per heavy atom. The first-order chi connectivity index (χ1) is 35.4. The summed E-state index contributed by atoms with van der Waals surface area (Å²) in [5, 5.41) is 92.8. The average molecular weight is 1130 g/mol. The molecule has 2 aromatic rings. The summed E-state index contributed by atoms with van der Waals surface area (Å²) in [6.07, 6.45) is -23.5. The van der Waals surface area contributed by atoms with Crippen LogP contribution in [0, 0.1) is 0 Å². The van der Waals surface area contributed by atoms with Crippen LogP contribution in [-0.4, -0.2) is 210 Å². The Morgan fingerprint density at radius 1 is 0.960 bits per heavy atom. The van der Waals surface area contributed by atoms with E-state index in [-0.39, 0.29) is 28.8 Å². The Hall–Kier alpha value is -4.43. The molecular formula is C41H56N7O24PS2. The van der Waals surface area contributed by atoms with E-state index in [1.54, 1.807) is 11.6 Å². The first kappa shape index (κ1) is 56.8. The lowest BCUT2D eigenvalue weighted by atomic mass is 9.95. The molecule has 20 atom stereocenters. The number of guanidine groups is 1. The Labute approximate surface area is 430 Å². The van der Waals surface area contributed by atoms with E-state index in [0.29, 0.717) is 11.4 Å². The van der Waals surface area contributed by atoms with E-state index in [2.05, 4.69) is 33.8 Å². The number of carbonyl (C=O) groups is 2. The fourth-order valence-corrected chi connectivity index (χ4v) is 12.1. The molecule has 1 aromatic carbocycles. The quantitative estimate of drug-likeness (QED) is 0.0308. The number of aliphatic imine (C=N–C) groups is 1. The molecule has 34 heteroatoms. The molecule has 0 bridgehead atoms. The van der Waals surface area contributed by atoms with Gasteiger partial charge in [0.25, 0.3) is 0 Å². The maximum atomic E-state index is 13.7. The molecule has 0 aliphatic carbocycles. The van der Waals surface area contributed by atoms with Crippen molar-refractivity contribution < 1.29 is 115 Å². The minimum absolute atomic E-state index is 0.00152. The van der Waals surface area contributed by atoms with Gasteiger partial charge >= 0.3 is 24.1 Å². The zero-order valence-electron chi connectivity index (χ0n) is 39.4. The maximum Gasteiger partial charge on any atom is 0.530 e. The lowest BCUT2D eigenvalue weighted by Crippen LogP contribution is -2.69. The van der Waals surface area contributed by atoms with Gasteiger partial charge in [0.1, 0.15) is 95.8 Å². The van der Waals surface area contributed by atoms with Gasteiger partial charge in [0.05, 0.1) is 44.5 Å². The van der Waals surface area contributed by atoms with Gasteiger partial charge in [-0.25, -0.2) is 9.55 Å². The van der Waals surface area contributed by atoms with Crippen LogP contribution >= 0.6 is 19.6 Å². The molecule has 416 valence electrons. The molecule has 4 fully saturated rings. The van der Waals surface area contributed by atoms with Gasteiger partial charge < -0.3 is 94.9 Å². The number of hydrogen-bond donors (Lipinski definition) is 13. The van der Waals surface area contributed by atoms with E-state index in [1.165, 1.54) is 29.1 Å². The average Bonchev–Trinajstić information content (AvgIpc) is 3.90. The van der Waals surface area contributed by atoms with Crippen molar-refractivity contribution in [3.05, 3.63) is 55.0 Å². The van der Waals surface area contributed by atoms with E-state index in [9.17, 15) is 68.0 Å². The summed E-state index contributed by atoms with van der Waals surface area (Å²) in [4.78, 5) is 32.7. The number of aliphatic hydroxyl groups excluding tert-OH is 8. The first-order valence-electron chi connectivity index (χ1n) is 22.8. The molecule has 75 heavy (non-hydrogen) atoms. The number of nitrogens with one attached hydrogen (secondary N) is 3.